The monoisotopic (exact) mass is 418 g/mol. The van der Waals surface area contributed by atoms with Crippen molar-refractivity contribution in [2.45, 2.75) is 17.9 Å². The lowest BCUT2D eigenvalue weighted by Crippen LogP contribution is -2.17. The fourth-order valence-electron chi connectivity index (χ4n) is 2.71. The molecule has 0 radical (unpaired) electrons. The molecule has 0 aliphatic carbocycles. The van der Waals surface area contributed by atoms with Gasteiger partial charge in [0.15, 0.2) is 9.84 Å². The summed E-state index contributed by atoms with van der Waals surface area (Å²) in [6, 6.07) is 12.9. The van der Waals surface area contributed by atoms with Crippen LogP contribution in [0.15, 0.2) is 53.4 Å². The molecule has 0 amide bonds. The minimum Gasteiger partial charge on any atom is -0.492 e. The number of ether oxygens (including phenoxy) is 3. The summed E-state index contributed by atoms with van der Waals surface area (Å²) in [7, 11) is -1.69. The van der Waals surface area contributed by atoms with Gasteiger partial charge in [0.2, 0.25) is 5.88 Å². The summed E-state index contributed by atoms with van der Waals surface area (Å²) in [6.45, 7) is 2.29. The third-order valence-electron chi connectivity index (χ3n) is 3.98. The lowest BCUT2D eigenvalue weighted by Gasteiger charge is -2.16. The number of nitrogens with zero attached hydrogens (tertiary/aromatic N) is 1. The summed E-state index contributed by atoms with van der Waals surface area (Å²) < 4.78 is 40.1. The van der Waals surface area contributed by atoms with Crippen LogP contribution in [-0.4, -0.2) is 49.8 Å². The van der Waals surface area contributed by atoms with Crippen molar-refractivity contribution in [1.29, 1.82) is 0 Å². The average molecular weight is 418 g/mol. The molecule has 0 saturated heterocycles. The summed E-state index contributed by atoms with van der Waals surface area (Å²) in [4.78, 5) is 0.212. The van der Waals surface area contributed by atoms with Crippen LogP contribution in [0, 0.1) is 0 Å². The largest absolute Gasteiger partial charge is 0.492 e. The first-order valence-electron chi connectivity index (χ1n) is 8.78. The number of aromatic nitrogens is 2. The Morgan fingerprint density at radius 1 is 1.07 bits per heavy atom. The molecule has 2 N–H and O–H groups in total. The molecule has 1 aromatic heterocycles. The summed E-state index contributed by atoms with van der Waals surface area (Å²) >= 11 is 0. The topological polar surface area (TPSA) is 111 Å². The lowest BCUT2D eigenvalue weighted by molar-refractivity contribution is 0.0920. The van der Waals surface area contributed by atoms with E-state index in [2.05, 4.69) is 10.2 Å². The number of hydrogen-bond donors (Lipinski definition) is 2. The SMILES string of the molecule is COC[C@H](C)Oc1cc(Oc2ccc(S(C)(=O)=O)cc2)cc(-c2cc(O)n[nH]2)c1. The number of aromatic hydroxyl groups is 1. The number of rotatable bonds is 8. The van der Waals surface area contributed by atoms with Crippen LogP contribution in [0.5, 0.6) is 23.1 Å². The van der Waals surface area contributed by atoms with Crippen LogP contribution < -0.4 is 9.47 Å². The van der Waals surface area contributed by atoms with E-state index < -0.39 is 9.84 Å². The zero-order chi connectivity index (χ0) is 21.0. The van der Waals surface area contributed by atoms with E-state index in [-0.39, 0.29) is 16.9 Å². The molecule has 3 rings (SSSR count). The van der Waals surface area contributed by atoms with Gasteiger partial charge in [0.25, 0.3) is 0 Å². The van der Waals surface area contributed by atoms with E-state index >= 15 is 0 Å². The molecular weight excluding hydrogens is 396 g/mol. The lowest BCUT2D eigenvalue weighted by atomic mass is 10.1. The van der Waals surface area contributed by atoms with Crippen molar-refractivity contribution in [1.82, 2.24) is 10.2 Å². The summed E-state index contributed by atoms with van der Waals surface area (Å²) in [5.41, 5.74) is 1.28. The van der Waals surface area contributed by atoms with Crippen LogP contribution in [0.3, 0.4) is 0 Å². The number of sulfone groups is 1. The van der Waals surface area contributed by atoms with E-state index in [1.807, 2.05) is 6.92 Å². The van der Waals surface area contributed by atoms with Gasteiger partial charge < -0.3 is 19.3 Å². The van der Waals surface area contributed by atoms with Crippen molar-refractivity contribution >= 4 is 9.84 Å². The first-order chi connectivity index (χ1) is 13.7. The highest BCUT2D eigenvalue weighted by Gasteiger charge is 2.12. The highest BCUT2D eigenvalue weighted by molar-refractivity contribution is 7.90. The van der Waals surface area contributed by atoms with Gasteiger partial charge in [0.05, 0.1) is 17.2 Å². The Morgan fingerprint density at radius 2 is 1.76 bits per heavy atom. The number of aromatic amines is 1. The van der Waals surface area contributed by atoms with E-state index in [9.17, 15) is 13.5 Å². The highest BCUT2D eigenvalue weighted by atomic mass is 32.2. The van der Waals surface area contributed by atoms with E-state index in [4.69, 9.17) is 14.2 Å². The predicted molar refractivity (Wildman–Crippen MR) is 107 cm³/mol. The van der Waals surface area contributed by atoms with Gasteiger partial charge in [-0.15, -0.1) is 5.10 Å². The van der Waals surface area contributed by atoms with Crippen molar-refractivity contribution in [3.8, 4) is 34.4 Å². The molecule has 0 bridgehead atoms. The molecule has 154 valence electrons. The van der Waals surface area contributed by atoms with Crippen LogP contribution in [0.25, 0.3) is 11.3 Å². The average Bonchev–Trinajstić information content (AvgIpc) is 3.08. The van der Waals surface area contributed by atoms with Crippen molar-refractivity contribution < 1.29 is 27.7 Å². The van der Waals surface area contributed by atoms with E-state index in [1.165, 1.54) is 18.2 Å². The molecule has 2 aromatic carbocycles. The van der Waals surface area contributed by atoms with Gasteiger partial charge in [-0.3, -0.25) is 5.10 Å². The second-order valence-electron chi connectivity index (χ2n) is 6.56. The van der Waals surface area contributed by atoms with E-state index in [0.717, 1.165) is 6.26 Å². The molecule has 29 heavy (non-hydrogen) atoms. The minimum atomic E-state index is -3.28. The van der Waals surface area contributed by atoms with Crippen molar-refractivity contribution in [3.05, 3.63) is 48.5 Å². The summed E-state index contributed by atoms with van der Waals surface area (Å²) in [5, 5.41) is 16.0. The molecule has 9 heteroatoms. The van der Waals surface area contributed by atoms with Gasteiger partial charge in [-0.25, -0.2) is 8.42 Å². The fraction of sp³-hybridized carbons (Fsp3) is 0.250. The summed E-state index contributed by atoms with van der Waals surface area (Å²) in [6.07, 6.45) is 0.962. The van der Waals surface area contributed by atoms with Crippen molar-refractivity contribution in [2.24, 2.45) is 0 Å². The third kappa shape index (κ3) is 5.49. The Hall–Kier alpha value is -3.04. The molecule has 0 aliphatic rings. The number of methoxy groups -OCH3 is 1. The molecule has 0 spiro atoms. The number of H-pyrrole nitrogens is 1. The maximum Gasteiger partial charge on any atom is 0.230 e. The number of hydrogen-bond acceptors (Lipinski definition) is 7. The van der Waals surface area contributed by atoms with Crippen LogP contribution in [0.2, 0.25) is 0 Å². The molecule has 0 fully saturated rings. The first-order valence-corrected chi connectivity index (χ1v) is 10.7. The molecule has 1 heterocycles. The number of benzene rings is 2. The van der Waals surface area contributed by atoms with Gasteiger partial charge in [0, 0.05) is 31.1 Å². The molecule has 8 nitrogen and oxygen atoms in total. The Balaban J connectivity index is 1.92. The standard InChI is InChI=1S/C20H22N2O6S/c1-13(12-26-2)27-16-8-14(19-11-20(23)22-21-19)9-17(10-16)28-15-4-6-18(7-5-15)29(3,24)25/h4-11,13H,12H2,1-3H3,(H2,21,22,23)/t13-/m0/s1. The van der Waals surface area contributed by atoms with Gasteiger partial charge in [-0.2, -0.15) is 0 Å². The zero-order valence-electron chi connectivity index (χ0n) is 16.2. The Morgan fingerprint density at radius 3 is 2.34 bits per heavy atom. The highest BCUT2D eigenvalue weighted by Crippen LogP contribution is 2.33. The minimum absolute atomic E-state index is 0.127. The predicted octanol–water partition coefficient (Wildman–Crippen LogP) is 3.39. The molecule has 0 aliphatic heterocycles. The van der Waals surface area contributed by atoms with E-state index in [1.54, 1.807) is 37.4 Å². The van der Waals surface area contributed by atoms with Gasteiger partial charge in [-0.05, 0) is 43.3 Å². The Bertz CT molecular complexity index is 1080. The normalized spacial score (nSPS) is 12.5. The Labute approximate surface area is 169 Å². The fourth-order valence-corrected chi connectivity index (χ4v) is 3.34. The molecule has 0 saturated carbocycles. The number of nitrogens with one attached hydrogen (secondary N) is 1. The first kappa shape index (κ1) is 20.7. The molecule has 3 aromatic rings. The van der Waals surface area contributed by atoms with Gasteiger partial charge in [-0.1, -0.05) is 0 Å². The van der Waals surface area contributed by atoms with Crippen LogP contribution in [0.4, 0.5) is 0 Å². The maximum atomic E-state index is 11.6. The van der Waals surface area contributed by atoms with Crippen LogP contribution in [-0.2, 0) is 14.6 Å². The maximum absolute atomic E-state index is 11.6. The smallest absolute Gasteiger partial charge is 0.230 e. The van der Waals surface area contributed by atoms with Crippen molar-refractivity contribution in [2.75, 3.05) is 20.0 Å². The quantitative estimate of drug-likeness (QED) is 0.577. The van der Waals surface area contributed by atoms with Crippen molar-refractivity contribution in [3.63, 3.8) is 0 Å². The van der Waals surface area contributed by atoms with Crippen LogP contribution >= 0.6 is 0 Å². The van der Waals surface area contributed by atoms with Gasteiger partial charge in [0.1, 0.15) is 23.4 Å². The summed E-state index contributed by atoms with van der Waals surface area (Å²) in [5.74, 6) is 1.36. The Kier molecular flexibility index (Phi) is 6.09. The molecule has 1 atom stereocenters. The second-order valence-corrected chi connectivity index (χ2v) is 8.58. The van der Waals surface area contributed by atoms with E-state index in [0.29, 0.717) is 35.1 Å². The third-order valence-corrected chi connectivity index (χ3v) is 5.11. The van der Waals surface area contributed by atoms with Gasteiger partial charge >= 0.3 is 0 Å². The molecule has 0 unspecified atom stereocenters. The second kappa shape index (κ2) is 8.54. The van der Waals surface area contributed by atoms with Crippen LogP contribution in [0.1, 0.15) is 6.92 Å². The zero-order valence-corrected chi connectivity index (χ0v) is 17.1. The molecular formula is C20H22N2O6S.